The van der Waals surface area contributed by atoms with E-state index >= 15 is 0 Å². The summed E-state index contributed by atoms with van der Waals surface area (Å²) in [4.78, 5) is 18.3. The van der Waals surface area contributed by atoms with Crippen molar-refractivity contribution in [3.05, 3.63) is 76.6 Å². The van der Waals surface area contributed by atoms with Gasteiger partial charge in [0.2, 0.25) is 0 Å². The Morgan fingerprint density at radius 2 is 1.84 bits per heavy atom. The topological polar surface area (TPSA) is 33.2 Å². The van der Waals surface area contributed by atoms with Crippen molar-refractivity contribution in [3.8, 4) is 0 Å². The van der Waals surface area contributed by atoms with Gasteiger partial charge in [0.1, 0.15) is 10.8 Å². The van der Waals surface area contributed by atoms with E-state index in [1.54, 1.807) is 20.0 Å². The second-order valence-corrected chi connectivity index (χ2v) is 6.14. The lowest BCUT2D eigenvalue weighted by Crippen LogP contribution is -2.30. The van der Waals surface area contributed by atoms with Crippen molar-refractivity contribution in [2.75, 3.05) is 7.05 Å². The molecule has 1 heterocycles. The number of fused-ring (bicyclic) bond motifs is 1. The molecule has 2 aromatic carbocycles. The van der Waals surface area contributed by atoms with Crippen LogP contribution in [-0.4, -0.2) is 22.8 Å². The minimum Gasteiger partial charge on any atom is -0.334 e. The van der Waals surface area contributed by atoms with Crippen molar-refractivity contribution in [1.29, 1.82) is 0 Å². The molecule has 128 valence electrons. The molecule has 3 nitrogen and oxygen atoms in total. The van der Waals surface area contributed by atoms with Gasteiger partial charge in [-0.25, -0.2) is 13.8 Å². The van der Waals surface area contributed by atoms with Crippen molar-refractivity contribution < 1.29 is 13.6 Å². The molecule has 0 N–H and O–H groups in total. The number of halogens is 3. The third-order valence-electron chi connectivity index (χ3n) is 4.24. The molecule has 0 aliphatic carbocycles. The molecule has 3 rings (SSSR count). The number of amides is 1. The quantitative estimate of drug-likeness (QED) is 0.616. The molecule has 0 saturated carbocycles. The molecule has 1 aromatic heterocycles. The van der Waals surface area contributed by atoms with Gasteiger partial charge in [0, 0.05) is 12.4 Å². The number of benzene rings is 2. The highest BCUT2D eigenvalue weighted by molar-refractivity contribution is 6.34. The molecule has 0 aliphatic rings. The average Bonchev–Trinajstić information content (AvgIpc) is 2.62. The predicted molar refractivity (Wildman–Crippen MR) is 93.6 cm³/mol. The molecule has 0 fully saturated rings. The Hall–Kier alpha value is -2.53. The molecule has 1 amide bonds. The van der Waals surface area contributed by atoms with E-state index in [4.69, 9.17) is 11.6 Å². The molecule has 3 aromatic rings. The molecule has 0 radical (unpaired) electrons. The first kappa shape index (κ1) is 17.3. The van der Waals surface area contributed by atoms with E-state index in [2.05, 4.69) is 4.98 Å². The van der Waals surface area contributed by atoms with Crippen LogP contribution in [0.4, 0.5) is 8.78 Å². The lowest BCUT2D eigenvalue weighted by Gasteiger charge is -2.25. The van der Waals surface area contributed by atoms with Crippen LogP contribution >= 0.6 is 11.6 Å². The van der Waals surface area contributed by atoms with Crippen LogP contribution in [0.3, 0.4) is 0 Å². The number of rotatable bonds is 3. The van der Waals surface area contributed by atoms with Crippen LogP contribution in [0.2, 0.25) is 5.15 Å². The Kier molecular flexibility index (Phi) is 4.68. The van der Waals surface area contributed by atoms with E-state index in [0.29, 0.717) is 5.56 Å². The highest BCUT2D eigenvalue weighted by Crippen LogP contribution is 2.26. The number of hydrogen-bond donors (Lipinski definition) is 0. The fraction of sp³-hybridized carbons (Fsp3) is 0.158. The SMILES string of the molecule is CC(c1ccc(F)c(F)c1)N(C)C(=O)c1cc2ccccc2c(Cl)n1. The lowest BCUT2D eigenvalue weighted by molar-refractivity contribution is 0.0736. The van der Waals surface area contributed by atoms with Crippen LogP contribution in [0.1, 0.15) is 29.0 Å². The van der Waals surface area contributed by atoms with E-state index < -0.39 is 17.7 Å². The molecular formula is C19H15ClF2N2O. The van der Waals surface area contributed by atoms with Crippen LogP contribution in [-0.2, 0) is 0 Å². The van der Waals surface area contributed by atoms with Gasteiger partial charge in [0.15, 0.2) is 11.6 Å². The summed E-state index contributed by atoms with van der Waals surface area (Å²) in [5, 5.41) is 1.81. The van der Waals surface area contributed by atoms with E-state index in [1.165, 1.54) is 11.0 Å². The smallest absolute Gasteiger partial charge is 0.272 e. The van der Waals surface area contributed by atoms with Gasteiger partial charge in [-0.15, -0.1) is 0 Å². The summed E-state index contributed by atoms with van der Waals surface area (Å²) in [6.07, 6.45) is 0. The summed E-state index contributed by atoms with van der Waals surface area (Å²) < 4.78 is 26.5. The van der Waals surface area contributed by atoms with Crippen molar-refractivity contribution in [3.63, 3.8) is 0 Å². The number of aromatic nitrogens is 1. The van der Waals surface area contributed by atoms with Crippen LogP contribution in [0.25, 0.3) is 10.8 Å². The third kappa shape index (κ3) is 3.33. The van der Waals surface area contributed by atoms with Crippen molar-refractivity contribution in [2.45, 2.75) is 13.0 Å². The molecule has 0 saturated heterocycles. The fourth-order valence-electron chi connectivity index (χ4n) is 2.62. The number of carbonyl (C=O) groups excluding carboxylic acids is 1. The number of carbonyl (C=O) groups is 1. The Bertz CT molecular complexity index is 961. The molecular weight excluding hydrogens is 346 g/mol. The standard InChI is InChI=1S/C19H15ClF2N2O/c1-11(12-7-8-15(21)16(22)9-12)24(2)19(25)17-10-13-5-3-4-6-14(13)18(20)23-17/h3-11H,1-2H3. The molecule has 6 heteroatoms. The summed E-state index contributed by atoms with van der Waals surface area (Å²) in [6, 6.07) is 12.1. The van der Waals surface area contributed by atoms with Crippen molar-refractivity contribution in [2.24, 2.45) is 0 Å². The van der Waals surface area contributed by atoms with Gasteiger partial charge < -0.3 is 4.90 Å². The van der Waals surface area contributed by atoms with Crippen LogP contribution in [0, 0.1) is 11.6 Å². The Morgan fingerprint density at radius 1 is 1.12 bits per heavy atom. The number of pyridine rings is 1. The average molecular weight is 361 g/mol. The minimum atomic E-state index is -0.947. The largest absolute Gasteiger partial charge is 0.334 e. The first-order valence-electron chi connectivity index (χ1n) is 7.66. The Balaban J connectivity index is 1.92. The van der Waals surface area contributed by atoms with Crippen LogP contribution < -0.4 is 0 Å². The highest BCUT2D eigenvalue weighted by Gasteiger charge is 2.22. The van der Waals surface area contributed by atoms with Gasteiger partial charge >= 0.3 is 0 Å². The maximum Gasteiger partial charge on any atom is 0.272 e. The molecule has 0 spiro atoms. The van der Waals surface area contributed by atoms with Gasteiger partial charge in [-0.05, 0) is 36.1 Å². The summed E-state index contributed by atoms with van der Waals surface area (Å²) in [5.74, 6) is -2.23. The zero-order valence-corrected chi connectivity index (χ0v) is 14.4. The van der Waals surface area contributed by atoms with Crippen LogP contribution in [0.15, 0.2) is 48.5 Å². The van der Waals surface area contributed by atoms with E-state index in [-0.39, 0.29) is 16.8 Å². The van der Waals surface area contributed by atoms with E-state index in [1.807, 2.05) is 24.3 Å². The van der Waals surface area contributed by atoms with Crippen molar-refractivity contribution in [1.82, 2.24) is 9.88 Å². The second-order valence-electron chi connectivity index (χ2n) is 5.79. The maximum absolute atomic E-state index is 13.4. The Morgan fingerprint density at radius 3 is 2.56 bits per heavy atom. The van der Waals surface area contributed by atoms with Gasteiger partial charge in [0.25, 0.3) is 5.91 Å². The Labute approximate surface area is 148 Å². The summed E-state index contributed by atoms with van der Waals surface area (Å²) in [5.41, 5.74) is 0.683. The first-order valence-corrected chi connectivity index (χ1v) is 8.03. The minimum absolute atomic E-state index is 0.195. The van der Waals surface area contributed by atoms with E-state index in [9.17, 15) is 13.6 Å². The van der Waals surface area contributed by atoms with Gasteiger partial charge in [0.05, 0.1) is 6.04 Å². The second kappa shape index (κ2) is 6.76. The van der Waals surface area contributed by atoms with Crippen molar-refractivity contribution >= 4 is 28.3 Å². The van der Waals surface area contributed by atoms with Gasteiger partial charge in [-0.2, -0.15) is 0 Å². The summed E-state index contributed by atoms with van der Waals surface area (Å²) in [6.45, 7) is 1.73. The zero-order chi connectivity index (χ0) is 18.1. The molecule has 0 bridgehead atoms. The lowest BCUT2D eigenvalue weighted by atomic mass is 10.1. The first-order chi connectivity index (χ1) is 11.9. The zero-order valence-electron chi connectivity index (χ0n) is 13.6. The number of hydrogen-bond acceptors (Lipinski definition) is 2. The third-order valence-corrected chi connectivity index (χ3v) is 4.53. The summed E-state index contributed by atoms with van der Waals surface area (Å²) in [7, 11) is 1.58. The normalized spacial score (nSPS) is 12.2. The van der Waals surface area contributed by atoms with Gasteiger partial charge in [-0.1, -0.05) is 41.9 Å². The fourth-order valence-corrected chi connectivity index (χ4v) is 2.88. The van der Waals surface area contributed by atoms with Gasteiger partial charge in [-0.3, -0.25) is 4.79 Å². The molecule has 0 aliphatic heterocycles. The maximum atomic E-state index is 13.4. The number of nitrogens with zero attached hydrogens (tertiary/aromatic N) is 2. The predicted octanol–water partition coefficient (Wildman–Crippen LogP) is 5.00. The molecule has 1 unspecified atom stereocenters. The molecule has 25 heavy (non-hydrogen) atoms. The van der Waals surface area contributed by atoms with E-state index in [0.717, 1.165) is 22.9 Å². The summed E-state index contributed by atoms with van der Waals surface area (Å²) >= 11 is 6.17. The molecule has 1 atom stereocenters. The monoisotopic (exact) mass is 360 g/mol. The van der Waals surface area contributed by atoms with Crippen LogP contribution in [0.5, 0.6) is 0 Å². The highest BCUT2D eigenvalue weighted by atomic mass is 35.5.